The van der Waals surface area contributed by atoms with Crippen LogP contribution in [0, 0.1) is 11.7 Å². The Morgan fingerprint density at radius 2 is 2.00 bits per heavy atom. The molecule has 1 atom stereocenters. The standard InChI is InChI=1S/C18H20FN3O2S/c1-10(2)15(21-16(23)12-5-3-4-6-13(12)19)17(24)22-18-20-14(9-25-18)11-7-8-11/h3-6,9-11,15H,7-8H2,1-2H3,(H,21,23)(H,20,22,24). The molecule has 1 aliphatic carbocycles. The van der Waals surface area contributed by atoms with E-state index in [4.69, 9.17) is 0 Å². The Labute approximate surface area is 149 Å². The molecule has 0 bridgehead atoms. The van der Waals surface area contributed by atoms with Crippen LogP contribution in [0.2, 0.25) is 0 Å². The number of halogens is 1. The largest absolute Gasteiger partial charge is 0.340 e. The predicted octanol–water partition coefficient (Wildman–Crippen LogP) is 3.55. The second-order valence-corrected chi connectivity index (χ2v) is 7.37. The summed E-state index contributed by atoms with van der Waals surface area (Å²) in [6, 6.07) is 4.92. The molecule has 1 aromatic heterocycles. The molecule has 5 nitrogen and oxygen atoms in total. The lowest BCUT2D eigenvalue weighted by molar-refractivity contribution is -0.118. The minimum atomic E-state index is -0.777. The summed E-state index contributed by atoms with van der Waals surface area (Å²) < 4.78 is 13.8. The minimum Gasteiger partial charge on any atom is -0.340 e. The average Bonchev–Trinajstić information content (AvgIpc) is 3.32. The molecule has 3 rings (SSSR count). The van der Waals surface area contributed by atoms with E-state index < -0.39 is 17.8 Å². The summed E-state index contributed by atoms with van der Waals surface area (Å²) in [5.41, 5.74) is 0.933. The fraction of sp³-hybridized carbons (Fsp3) is 0.389. The van der Waals surface area contributed by atoms with Crippen LogP contribution < -0.4 is 10.6 Å². The maximum absolute atomic E-state index is 13.8. The Kier molecular flexibility index (Phi) is 5.13. The van der Waals surface area contributed by atoms with Crippen molar-refractivity contribution in [2.24, 2.45) is 5.92 Å². The molecular weight excluding hydrogens is 341 g/mol. The normalized spacial score (nSPS) is 15.0. The highest BCUT2D eigenvalue weighted by Gasteiger charge is 2.28. The van der Waals surface area contributed by atoms with E-state index in [0.717, 1.165) is 18.5 Å². The number of carbonyl (C=O) groups excluding carboxylic acids is 2. The predicted molar refractivity (Wildman–Crippen MR) is 95.2 cm³/mol. The highest BCUT2D eigenvalue weighted by Crippen LogP contribution is 2.40. The first-order valence-electron chi connectivity index (χ1n) is 8.27. The lowest BCUT2D eigenvalue weighted by atomic mass is 10.0. The van der Waals surface area contributed by atoms with E-state index in [9.17, 15) is 14.0 Å². The Morgan fingerprint density at radius 3 is 2.64 bits per heavy atom. The van der Waals surface area contributed by atoms with Crippen molar-refractivity contribution in [2.45, 2.75) is 38.6 Å². The van der Waals surface area contributed by atoms with Gasteiger partial charge in [0.25, 0.3) is 5.91 Å². The van der Waals surface area contributed by atoms with Crippen LogP contribution in [0.5, 0.6) is 0 Å². The summed E-state index contributed by atoms with van der Waals surface area (Å²) in [6.07, 6.45) is 2.29. The first kappa shape index (κ1) is 17.5. The second kappa shape index (κ2) is 7.31. The van der Waals surface area contributed by atoms with E-state index in [1.807, 2.05) is 19.2 Å². The Morgan fingerprint density at radius 1 is 1.28 bits per heavy atom. The molecule has 0 spiro atoms. The third-order valence-corrected chi connectivity index (χ3v) is 4.88. The molecule has 0 saturated heterocycles. The number of nitrogens with zero attached hydrogens (tertiary/aromatic N) is 1. The maximum atomic E-state index is 13.8. The fourth-order valence-corrected chi connectivity index (χ4v) is 3.29. The monoisotopic (exact) mass is 361 g/mol. The number of hydrogen-bond acceptors (Lipinski definition) is 4. The fourth-order valence-electron chi connectivity index (χ4n) is 2.49. The van der Waals surface area contributed by atoms with Crippen molar-refractivity contribution in [3.63, 3.8) is 0 Å². The summed E-state index contributed by atoms with van der Waals surface area (Å²) in [6.45, 7) is 3.65. The zero-order valence-corrected chi connectivity index (χ0v) is 14.9. The highest BCUT2D eigenvalue weighted by molar-refractivity contribution is 7.13. The molecule has 1 aliphatic rings. The van der Waals surface area contributed by atoms with Gasteiger partial charge in [-0.05, 0) is 30.9 Å². The molecule has 1 fully saturated rings. The van der Waals surface area contributed by atoms with Gasteiger partial charge in [0.1, 0.15) is 11.9 Å². The zero-order chi connectivity index (χ0) is 18.0. The number of rotatable bonds is 6. The average molecular weight is 361 g/mol. The van der Waals surface area contributed by atoms with Crippen LogP contribution in [0.25, 0.3) is 0 Å². The van der Waals surface area contributed by atoms with Crippen molar-refractivity contribution in [3.8, 4) is 0 Å². The van der Waals surface area contributed by atoms with Gasteiger partial charge in [0, 0.05) is 11.3 Å². The van der Waals surface area contributed by atoms with Crippen molar-refractivity contribution in [3.05, 3.63) is 46.7 Å². The summed E-state index contributed by atoms with van der Waals surface area (Å²) in [5, 5.41) is 7.86. The molecule has 2 N–H and O–H groups in total. The summed E-state index contributed by atoms with van der Waals surface area (Å²) in [4.78, 5) is 29.3. The minimum absolute atomic E-state index is 0.0776. The Balaban J connectivity index is 1.68. The van der Waals surface area contributed by atoms with Gasteiger partial charge < -0.3 is 10.6 Å². The van der Waals surface area contributed by atoms with E-state index >= 15 is 0 Å². The number of aromatic nitrogens is 1. The van der Waals surface area contributed by atoms with Crippen molar-refractivity contribution < 1.29 is 14.0 Å². The Bertz CT molecular complexity index is 786. The van der Waals surface area contributed by atoms with Crippen LogP contribution >= 0.6 is 11.3 Å². The van der Waals surface area contributed by atoms with Crippen LogP contribution in [-0.4, -0.2) is 22.8 Å². The van der Waals surface area contributed by atoms with Gasteiger partial charge in [0.2, 0.25) is 5.91 Å². The lowest BCUT2D eigenvalue weighted by Crippen LogP contribution is -2.47. The second-order valence-electron chi connectivity index (χ2n) is 6.52. The summed E-state index contributed by atoms with van der Waals surface area (Å²) >= 11 is 1.38. The van der Waals surface area contributed by atoms with Crippen LogP contribution in [0.3, 0.4) is 0 Å². The Hall–Kier alpha value is -2.28. The van der Waals surface area contributed by atoms with Gasteiger partial charge >= 0.3 is 0 Å². The molecule has 0 radical (unpaired) electrons. The van der Waals surface area contributed by atoms with E-state index in [1.54, 1.807) is 6.07 Å². The van der Waals surface area contributed by atoms with Crippen LogP contribution in [0.4, 0.5) is 9.52 Å². The van der Waals surface area contributed by atoms with Gasteiger partial charge in [-0.3, -0.25) is 9.59 Å². The number of hydrogen-bond donors (Lipinski definition) is 2. The molecule has 2 amide bonds. The van der Waals surface area contributed by atoms with Crippen molar-refractivity contribution in [1.82, 2.24) is 10.3 Å². The van der Waals surface area contributed by atoms with Crippen LogP contribution in [0.15, 0.2) is 29.6 Å². The quantitative estimate of drug-likeness (QED) is 0.826. The lowest BCUT2D eigenvalue weighted by Gasteiger charge is -2.21. The third-order valence-electron chi connectivity index (χ3n) is 4.10. The smallest absolute Gasteiger partial charge is 0.254 e. The topological polar surface area (TPSA) is 71.1 Å². The number of anilines is 1. The van der Waals surface area contributed by atoms with Crippen LogP contribution in [-0.2, 0) is 4.79 Å². The molecule has 1 heterocycles. The van der Waals surface area contributed by atoms with Gasteiger partial charge in [-0.2, -0.15) is 0 Å². The third kappa shape index (κ3) is 4.22. The van der Waals surface area contributed by atoms with E-state index in [0.29, 0.717) is 11.0 Å². The zero-order valence-electron chi connectivity index (χ0n) is 14.1. The van der Waals surface area contributed by atoms with Gasteiger partial charge in [0.15, 0.2) is 5.13 Å². The number of carbonyl (C=O) groups is 2. The molecule has 1 unspecified atom stereocenters. The van der Waals surface area contributed by atoms with Gasteiger partial charge in [-0.15, -0.1) is 11.3 Å². The number of nitrogens with one attached hydrogen (secondary N) is 2. The van der Waals surface area contributed by atoms with Crippen molar-refractivity contribution >= 4 is 28.3 Å². The first-order chi connectivity index (χ1) is 12.0. The van der Waals surface area contributed by atoms with E-state index in [1.165, 1.54) is 29.5 Å². The van der Waals surface area contributed by atoms with Gasteiger partial charge in [-0.25, -0.2) is 9.37 Å². The molecule has 132 valence electrons. The number of benzene rings is 1. The SMILES string of the molecule is CC(C)C(NC(=O)c1ccccc1F)C(=O)Nc1nc(C2CC2)cs1. The van der Waals surface area contributed by atoms with Crippen LogP contribution in [0.1, 0.15) is 48.7 Å². The van der Waals surface area contributed by atoms with Gasteiger partial charge in [0.05, 0.1) is 11.3 Å². The van der Waals surface area contributed by atoms with Crippen molar-refractivity contribution in [1.29, 1.82) is 0 Å². The molecule has 7 heteroatoms. The van der Waals surface area contributed by atoms with Gasteiger partial charge in [-0.1, -0.05) is 26.0 Å². The number of thiazole rings is 1. The van der Waals surface area contributed by atoms with E-state index in [-0.39, 0.29) is 17.4 Å². The molecule has 0 aliphatic heterocycles. The molecule has 1 saturated carbocycles. The first-order valence-corrected chi connectivity index (χ1v) is 9.15. The highest BCUT2D eigenvalue weighted by atomic mass is 32.1. The molecule has 2 aromatic rings. The van der Waals surface area contributed by atoms with E-state index in [2.05, 4.69) is 15.6 Å². The number of amides is 2. The maximum Gasteiger partial charge on any atom is 0.254 e. The van der Waals surface area contributed by atoms with Crippen molar-refractivity contribution in [2.75, 3.05) is 5.32 Å². The summed E-state index contributed by atoms with van der Waals surface area (Å²) in [5.74, 6) is -1.21. The molecule has 25 heavy (non-hydrogen) atoms. The molecular formula is C18H20FN3O2S. The molecule has 1 aromatic carbocycles. The summed E-state index contributed by atoms with van der Waals surface area (Å²) in [7, 11) is 0.